The lowest BCUT2D eigenvalue weighted by Gasteiger charge is -2.37. The van der Waals surface area contributed by atoms with E-state index in [1.807, 2.05) is 6.19 Å². The number of rotatable bonds is 2. The molecule has 0 atom stereocenters. The third kappa shape index (κ3) is 1.33. The topological polar surface area (TPSA) is 45.0 Å². The van der Waals surface area contributed by atoms with Crippen molar-refractivity contribution in [2.75, 3.05) is 19.8 Å². The molecule has 1 fully saturated rings. The van der Waals surface area contributed by atoms with Crippen LogP contribution in [0.15, 0.2) is 0 Å². The van der Waals surface area contributed by atoms with Crippen molar-refractivity contribution < 1.29 is 4.74 Å². The molecule has 50 valence electrons. The molecule has 0 amide bonds. The molecule has 1 N–H and O–H groups in total. The largest absolute Gasteiger partial charge is 0.380 e. The molecule has 9 heavy (non-hydrogen) atoms. The molecular formula is C6H10N2O. The highest BCUT2D eigenvalue weighted by Crippen LogP contribution is 2.24. The predicted molar refractivity (Wildman–Crippen MR) is 32.5 cm³/mol. The third-order valence-electron chi connectivity index (χ3n) is 1.50. The first-order valence-electron chi connectivity index (χ1n) is 2.97. The summed E-state index contributed by atoms with van der Waals surface area (Å²) >= 11 is 0. The molecule has 1 aliphatic heterocycles. The van der Waals surface area contributed by atoms with Crippen molar-refractivity contribution >= 4 is 0 Å². The predicted octanol–water partition coefficient (Wildman–Crippen LogP) is 0.0936. The van der Waals surface area contributed by atoms with E-state index in [1.165, 1.54) is 0 Å². The summed E-state index contributed by atoms with van der Waals surface area (Å²) in [6.45, 7) is 4.40. The molecule has 3 nitrogen and oxygen atoms in total. The Hall–Kier alpha value is -0.750. The first kappa shape index (κ1) is 6.37. The third-order valence-corrected chi connectivity index (χ3v) is 1.50. The normalized spacial score (nSPS) is 21.8. The van der Waals surface area contributed by atoms with Gasteiger partial charge in [-0.1, -0.05) is 6.92 Å². The van der Waals surface area contributed by atoms with Crippen LogP contribution in [-0.4, -0.2) is 19.8 Å². The van der Waals surface area contributed by atoms with Gasteiger partial charge in [-0.2, -0.15) is 5.26 Å². The summed E-state index contributed by atoms with van der Waals surface area (Å²) in [6, 6.07) is 0. The summed E-state index contributed by atoms with van der Waals surface area (Å²) in [6.07, 6.45) is 1.89. The molecule has 0 aromatic heterocycles. The van der Waals surface area contributed by atoms with E-state index in [-0.39, 0.29) is 5.41 Å². The maximum Gasteiger partial charge on any atom is 0.176 e. The highest BCUT2D eigenvalue weighted by molar-refractivity contribution is 4.85. The molecule has 0 unspecified atom stereocenters. The van der Waals surface area contributed by atoms with E-state index < -0.39 is 0 Å². The summed E-state index contributed by atoms with van der Waals surface area (Å²) in [4.78, 5) is 0. The van der Waals surface area contributed by atoms with Crippen LogP contribution >= 0.6 is 0 Å². The fourth-order valence-electron chi connectivity index (χ4n) is 0.806. The van der Waals surface area contributed by atoms with Crippen LogP contribution in [-0.2, 0) is 4.74 Å². The average molecular weight is 126 g/mol. The second kappa shape index (κ2) is 2.24. The summed E-state index contributed by atoms with van der Waals surface area (Å²) in [5.41, 5.74) is 0.218. The van der Waals surface area contributed by atoms with Crippen LogP contribution in [0, 0.1) is 16.9 Å². The number of nitrogens with zero attached hydrogens (tertiary/aromatic N) is 1. The summed E-state index contributed by atoms with van der Waals surface area (Å²) < 4.78 is 4.99. The van der Waals surface area contributed by atoms with Gasteiger partial charge in [-0.05, 0) is 0 Å². The zero-order valence-electron chi connectivity index (χ0n) is 5.48. The summed E-state index contributed by atoms with van der Waals surface area (Å²) in [5, 5.41) is 10.8. The monoisotopic (exact) mass is 126 g/mol. The molecule has 0 spiro atoms. The maximum absolute atomic E-state index is 8.15. The smallest absolute Gasteiger partial charge is 0.176 e. The minimum absolute atomic E-state index is 0.218. The molecule has 0 aliphatic carbocycles. The molecule has 1 heterocycles. The zero-order valence-corrected chi connectivity index (χ0v) is 5.48. The summed E-state index contributed by atoms with van der Waals surface area (Å²) in [5.74, 6) is 0. The Kier molecular flexibility index (Phi) is 1.58. The van der Waals surface area contributed by atoms with E-state index in [9.17, 15) is 0 Å². The molecule has 0 saturated carbocycles. The Bertz CT molecular complexity index is 134. The number of ether oxygens (including phenoxy) is 1. The number of hydrogen-bond acceptors (Lipinski definition) is 3. The van der Waals surface area contributed by atoms with Gasteiger partial charge in [0.05, 0.1) is 13.2 Å². The van der Waals surface area contributed by atoms with E-state index in [1.54, 1.807) is 0 Å². The highest BCUT2D eigenvalue weighted by Gasteiger charge is 2.32. The van der Waals surface area contributed by atoms with E-state index >= 15 is 0 Å². The second-order valence-corrected chi connectivity index (χ2v) is 2.77. The molecule has 0 aromatic carbocycles. The van der Waals surface area contributed by atoms with Crippen LogP contribution in [0.25, 0.3) is 0 Å². The Labute approximate surface area is 54.6 Å². The van der Waals surface area contributed by atoms with E-state index in [2.05, 4.69) is 12.2 Å². The van der Waals surface area contributed by atoms with Crippen molar-refractivity contribution in [3.05, 3.63) is 0 Å². The van der Waals surface area contributed by atoms with Crippen molar-refractivity contribution in [3.8, 4) is 6.19 Å². The molecule has 1 rings (SSSR count). The lowest BCUT2D eigenvalue weighted by molar-refractivity contribution is -0.0973. The summed E-state index contributed by atoms with van der Waals surface area (Å²) in [7, 11) is 0. The van der Waals surface area contributed by atoms with Gasteiger partial charge in [0.1, 0.15) is 0 Å². The molecule has 3 heteroatoms. The number of nitriles is 1. The van der Waals surface area contributed by atoms with E-state index in [0.717, 1.165) is 19.8 Å². The van der Waals surface area contributed by atoms with Crippen LogP contribution < -0.4 is 5.32 Å². The molecule has 1 aliphatic rings. The standard InChI is InChI=1S/C6H10N2O/c1-6(2-8-5-7)3-9-4-6/h8H,2-4H2,1H3. The quantitative estimate of drug-likeness (QED) is 0.421. The van der Waals surface area contributed by atoms with Gasteiger partial charge in [0, 0.05) is 12.0 Å². The first-order valence-corrected chi connectivity index (χ1v) is 2.97. The Morgan fingerprint density at radius 1 is 1.78 bits per heavy atom. The molecule has 0 radical (unpaired) electrons. The fourth-order valence-corrected chi connectivity index (χ4v) is 0.806. The van der Waals surface area contributed by atoms with Gasteiger partial charge in [-0.3, -0.25) is 0 Å². The van der Waals surface area contributed by atoms with Gasteiger partial charge < -0.3 is 10.1 Å². The lowest BCUT2D eigenvalue weighted by Crippen LogP contribution is -2.46. The molecule has 1 saturated heterocycles. The van der Waals surface area contributed by atoms with E-state index in [0.29, 0.717) is 0 Å². The van der Waals surface area contributed by atoms with Gasteiger partial charge >= 0.3 is 0 Å². The van der Waals surface area contributed by atoms with Crippen LogP contribution in [0.3, 0.4) is 0 Å². The van der Waals surface area contributed by atoms with Crippen LogP contribution in [0.5, 0.6) is 0 Å². The van der Waals surface area contributed by atoms with Crippen molar-refractivity contribution in [1.29, 1.82) is 5.26 Å². The molecule has 0 bridgehead atoms. The average Bonchev–Trinajstić information content (AvgIpc) is 1.79. The van der Waals surface area contributed by atoms with Gasteiger partial charge in [0.15, 0.2) is 6.19 Å². The van der Waals surface area contributed by atoms with Crippen LogP contribution in [0.1, 0.15) is 6.92 Å². The van der Waals surface area contributed by atoms with Gasteiger partial charge in [0.2, 0.25) is 0 Å². The fraction of sp³-hybridized carbons (Fsp3) is 0.833. The first-order chi connectivity index (χ1) is 4.27. The van der Waals surface area contributed by atoms with Crippen LogP contribution in [0.2, 0.25) is 0 Å². The lowest BCUT2D eigenvalue weighted by atomic mass is 9.89. The SMILES string of the molecule is CC1(CNC#N)COC1. The minimum atomic E-state index is 0.218. The zero-order chi connectivity index (χ0) is 6.74. The van der Waals surface area contributed by atoms with Gasteiger partial charge in [-0.25, -0.2) is 0 Å². The Balaban J connectivity index is 2.19. The highest BCUT2D eigenvalue weighted by atomic mass is 16.5. The second-order valence-electron chi connectivity index (χ2n) is 2.77. The van der Waals surface area contributed by atoms with Crippen molar-refractivity contribution in [2.45, 2.75) is 6.92 Å². The number of hydrogen-bond donors (Lipinski definition) is 1. The molecular weight excluding hydrogens is 116 g/mol. The molecule has 0 aromatic rings. The Morgan fingerprint density at radius 3 is 2.78 bits per heavy atom. The van der Waals surface area contributed by atoms with Crippen molar-refractivity contribution in [3.63, 3.8) is 0 Å². The van der Waals surface area contributed by atoms with Gasteiger partial charge in [-0.15, -0.1) is 0 Å². The van der Waals surface area contributed by atoms with Crippen LogP contribution in [0.4, 0.5) is 0 Å². The van der Waals surface area contributed by atoms with Crippen molar-refractivity contribution in [1.82, 2.24) is 5.32 Å². The Morgan fingerprint density at radius 2 is 2.44 bits per heavy atom. The number of nitrogens with one attached hydrogen (secondary N) is 1. The van der Waals surface area contributed by atoms with Crippen molar-refractivity contribution in [2.24, 2.45) is 5.41 Å². The van der Waals surface area contributed by atoms with Gasteiger partial charge in [0.25, 0.3) is 0 Å². The minimum Gasteiger partial charge on any atom is -0.380 e. The maximum atomic E-state index is 8.15. The van der Waals surface area contributed by atoms with E-state index in [4.69, 9.17) is 10.00 Å².